The number of carboxylic acids is 1. The van der Waals surface area contributed by atoms with Crippen LogP contribution in [0.2, 0.25) is 0 Å². The monoisotopic (exact) mass is 645 g/mol. The second kappa shape index (κ2) is 15.7. The number of halogens is 1. The van der Waals surface area contributed by atoms with E-state index in [-0.39, 0.29) is 30.2 Å². The molecule has 4 N–H and O–H groups in total. The van der Waals surface area contributed by atoms with Crippen molar-refractivity contribution in [2.24, 2.45) is 0 Å². The molecule has 2 aliphatic heterocycles. The molecule has 14 nitrogen and oxygen atoms in total. The number of aromatic nitrogens is 1. The molecular weight excluding hydrogens is 605 g/mol. The zero-order valence-electron chi connectivity index (χ0n) is 26.0. The number of ether oxygens (including phenoxy) is 2. The van der Waals surface area contributed by atoms with Crippen LogP contribution >= 0.6 is 0 Å². The minimum Gasteiger partial charge on any atom is -0.487 e. The van der Waals surface area contributed by atoms with Gasteiger partial charge in [0.25, 0.3) is 5.09 Å². The van der Waals surface area contributed by atoms with Crippen LogP contribution in [0.3, 0.4) is 0 Å². The van der Waals surface area contributed by atoms with Gasteiger partial charge in [0.1, 0.15) is 36.8 Å². The van der Waals surface area contributed by atoms with Crippen molar-refractivity contribution < 1.29 is 38.8 Å². The molecule has 1 aromatic heterocycles. The Morgan fingerprint density at radius 1 is 1.28 bits per heavy atom. The lowest BCUT2D eigenvalue weighted by molar-refractivity contribution is -0.769. The molecule has 2 aliphatic rings. The van der Waals surface area contributed by atoms with Gasteiger partial charge in [0, 0.05) is 68.9 Å². The number of nitrogens with zero attached hydrogens (tertiary/aromatic N) is 3. The fourth-order valence-corrected chi connectivity index (χ4v) is 5.25. The van der Waals surface area contributed by atoms with Crippen molar-refractivity contribution in [2.45, 2.75) is 52.0 Å². The quantitative estimate of drug-likeness (QED) is 0.177. The number of carbonyl (C=O) groups is 1. The predicted octanol–water partition coefficient (Wildman–Crippen LogP) is 2.20. The molecule has 5 rings (SSSR count). The van der Waals surface area contributed by atoms with E-state index >= 15 is 0 Å². The smallest absolute Gasteiger partial charge is 0.341 e. The van der Waals surface area contributed by atoms with E-state index in [1.807, 2.05) is 31.7 Å². The first kappa shape index (κ1) is 34.4. The van der Waals surface area contributed by atoms with Crippen molar-refractivity contribution in [3.05, 3.63) is 73.8 Å². The number of aliphatic hydroxyl groups excluding tert-OH is 1. The molecule has 3 aromatic rings. The number of aryl methyl sites for hydroxylation is 1. The van der Waals surface area contributed by atoms with Crippen LogP contribution in [0.1, 0.15) is 36.7 Å². The number of rotatable bonds is 11. The number of aromatic carboxylic acids is 1. The highest BCUT2D eigenvalue weighted by atomic mass is 19.1. The van der Waals surface area contributed by atoms with Crippen LogP contribution in [0.4, 0.5) is 10.1 Å². The number of piperazine rings is 1. The number of hydrogen-bond acceptors (Lipinski definition) is 11. The van der Waals surface area contributed by atoms with Crippen LogP contribution in [0.25, 0.3) is 10.9 Å². The third-order valence-corrected chi connectivity index (χ3v) is 7.53. The second-order valence-corrected chi connectivity index (χ2v) is 11.3. The molecule has 2 unspecified atom stereocenters. The van der Waals surface area contributed by atoms with Gasteiger partial charge in [0.05, 0.1) is 11.2 Å². The fourth-order valence-electron chi connectivity index (χ4n) is 5.25. The zero-order chi connectivity index (χ0) is 33.4. The van der Waals surface area contributed by atoms with Gasteiger partial charge in [0.2, 0.25) is 5.43 Å². The van der Waals surface area contributed by atoms with Crippen molar-refractivity contribution in [1.29, 1.82) is 0 Å². The number of pyridine rings is 1. The van der Waals surface area contributed by atoms with Gasteiger partial charge in [-0.1, -0.05) is 26.0 Å². The average molecular weight is 646 g/mol. The molecule has 2 aromatic carbocycles. The topological polar surface area (TPSA) is 178 Å². The first-order valence-corrected chi connectivity index (χ1v) is 15.1. The summed E-state index contributed by atoms with van der Waals surface area (Å²) in [5, 5.41) is 35.1. The Morgan fingerprint density at radius 3 is 2.67 bits per heavy atom. The van der Waals surface area contributed by atoms with Crippen LogP contribution < -0.4 is 30.4 Å². The summed E-state index contributed by atoms with van der Waals surface area (Å²) in [6, 6.07) is 8.44. The number of benzene rings is 2. The maximum atomic E-state index is 14.5. The molecule has 0 saturated carbocycles. The minimum atomic E-state index is -1.30. The van der Waals surface area contributed by atoms with E-state index in [0.29, 0.717) is 55.3 Å². The van der Waals surface area contributed by atoms with Crippen LogP contribution in [0.15, 0.2) is 41.3 Å². The van der Waals surface area contributed by atoms with Crippen molar-refractivity contribution in [3.63, 3.8) is 0 Å². The molecule has 0 radical (unpaired) electrons. The van der Waals surface area contributed by atoms with Gasteiger partial charge in [-0.05, 0) is 25.1 Å². The number of anilines is 1. The maximum absolute atomic E-state index is 14.5. The molecule has 3 heterocycles. The lowest BCUT2D eigenvalue weighted by Gasteiger charge is -2.30. The van der Waals surface area contributed by atoms with E-state index in [9.17, 15) is 29.2 Å². The van der Waals surface area contributed by atoms with E-state index in [1.54, 1.807) is 22.8 Å². The maximum Gasteiger partial charge on any atom is 0.341 e. The van der Waals surface area contributed by atoms with E-state index in [0.717, 1.165) is 24.7 Å². The van der Waals surface area contributed by atoms with E-state index in [4.69, 9.17) is 14.6 Å². The van der Waals surface area contributed by atoms with Crippen molar-refractivity contribution >= 4 is 22.6 Å². The Labute approximate surface area is 264 Å². The molecule has 0 bridgehead atoms. The molecule has 0 amide bonds. The number of carboxylic acid groups (broad SMARTS) is 1. The van der Waals surface area contributed by atoms with Gasteiger partial charge < -0.3 is 44.6 Å². The number of nitrogens with one attached hydrogen (secondary N) is 2. The Hall–Kier alpha value is -4.47. The molecule has 2 atom stereocenters. The second-order valence-electron chi connectivity index (χ2n) is 11.3. The van der Waals surface area contributed by atoms with E-state index in [1.165, 1.54) is 6.20 Å². The van der Waals surface area contributed by atoms with Gasteiger partial charge in [-0.15, -0.1) is 10.1 Å². The molecular formula is C31H40FN5O9. The van der Waals surface area contributed by atoms with Gasteiger partial charge in [-0.2, -0.15) is 0 Å². The molecule has 46 heavy (non-hydrogen) atoms. The highest BCUT2D eigenvalue weighted by Gasteiger charge is 2.26. The van der Waals surface area contributed by atoms with Gasteiger partial charge in [-0.3, -0.25) is 4.79 Å². The summed E-state index contributed by atoms with van der Waals surface area (Å²) in [5.41, 5.74) is 0.799. The van der Waals surface area contributed by atoms with Crippen LogP contribution in [-0.2, 0) is 17.8 Å². The highest BCUT2D eigenvalue weighted by molar-refractivity contribution is 5.93. The summed E-state index contributed by atoms with van der Waals surface area (Å²) < 4.78 is 27.3. The van der Waals surface area contributed by atoms with Crippen molar-refractivity contribution in [3.8, 4) is 11.5 Å². The number of para-hydroxylation sites is 1. The standard InChI is InChI=1S/C16H18FN3O3.C15H22N2O6/c1-2-19-9-11(16(22)23)15(21)10-7-12(17)14(8-13(10)19)20-5-3-18-4-6-20;1-10(2)16-7-12(18)8-21-14-5-3-4-11-6-13(23-17(19)20)9-22-15(11)14/h7-9,18H,2-6H2,1H3,(H,22,23);3-5,10,12-13,16,18H,6-9H2,1-2H3. The third kappa shape index (κ3) is 8.62. The third-order valence-electron chi connectivity index (χ3n) is 7.53. The lowest BCUT2D eigenvalue weighted by Crippen LogP contribution is -2.43. The van der Waals surface area contributed by atoms with Gasteiger partial charge in [0.15, 0.2) is 11.5 Å². The predicted molar refractivity (Wildman–Crippen MR) is 168 cm³/mol. The van der Waals surface area contributed by atoms with E-state index in [2.05, 4.69) is 15.5 Å². The van der Waals surface area contributed by atoms with Crippen LogP contribution in [0.5, 0.6) is 11.5 Å². The number of fused-ring (bicyclic) bond motifs is 2. The van der Waals surface area contributed by atoms with Crippen molar-refractivity contribution in [2.75, 3.05) is 50.8 Å². The Morgan fingerprint density at radius 2 is 2.02 bits per heavy atom. The minimum absolute atomic E-state index is 0.0891. The Bertz CT molecular complexity index is 1590. The van der Waals surface area contributed by atoms with Crippen LogP contribution in [-0.4, -0.2) is 90.0 Å². The molecule has 1 saturated heterocycles. The first-order valence-electron chi connectivity index (χ1n) is 15.1. The summed E-state index contributed by atoms with van der Waals surface area (Å²) in [5.74, 6) is -0.724. The van der Waals surface area contributed by atoms with Crippen LogP contribution in [0, 0.1) is 15.9 Å². The molecule has 15 heteroatoms. The molecule has 0 spiro atoms. The normalized spacial score (nSPS) is 16.6. The highest BCUT2D eigenvalue weighted by Crippen LogP contribution is 2.35. The van der Waals surface area contributed by atoms with Gasteiger partial charge in [-0.25, -0.2) is 9.18 Å². The average Bonchev–Trinajstić information content (AvgIpc) is 3.03. The molecule has 250 valence electrons. The molecule has 1 fully saturated rings. The first-order chi connectivity index (χ1) is 22.0. The summed E-state index contributed by atoms with van der Waals surface area (Å²) >= 11 is 0. The summed E-state index contributed by atoms with van der Waals surface area (Å²) in [6.07, 6.45) is 0.452. The summed E-state index contributed by atoms with van der Waals surface area (Å²) in [4.78, 5) is 40.4. The SMILES string of the molecule is CC(C)NCC(O)COc1cccc2c1OCC(O[N+](=O)[O-])C2.CCn1cc(C(=O)O)c(=O)c2cc(F)c(N3CCNCC3)cc21. The molecule has 0 aliphatic carbocycles. The summed E-state index contributed by atoms with van der Waals surface area (Å²) in [7, 11) is 0. The number of aliphatic hydroxyl groups is 1. The summed E-state index contributed by atoms with van der Waals surface area (Å²) in [6.45, 7) is 9.92. The fraction of sp³-hybridized carbons (Fsp3) is 0.484. The van der Waals surface area contributed by atoms with Gasteiger partial charge >= 0.3 is 5.97 Å². The number of hydrogen-bond donors (Lipinski definition) is 4. The van der Waals surface area contributed by atoms with E-state index < -0.39 is 34.5 Å². The van der Waals surface area contributed by atoms with Crippen molar-refractivity contribution in [1.82, 2.24) is 15.2 Å². The largest absolute Gasteiger partial charge is 0.487 e. The Kier molecular flexibility index (Phi) is 11.7. The Balaban J connectivity index is 0.000000209. The zero-order valence-corrected chi connectivity index (χ0v) is 26.0. The lowest BCUT2D eigenvalue weighted by atomic mass is 10.0.